The summed E-state index contributed by atoms with van der Waals surface area (Å²) in [5.41, 5.74) is 7.24. The Labute approximate surface area is 128 Å². The van der Waals surface area contributed by atoms with Gasteiger partial charge in [0.15, 0.2) is 5.03 Å². The van der Waals surface area contributed by atoms with Crippen LogP contribution in [-0.4, -0.2) is 34.2 Å². The van der Waals surface area contributed by atoms with Crippen LogP contribution < -0.4 is 5.73 Å². The van der Waals surface area contributed by atoms with Crippen molar-refractivity contribution in [3.63, 3.8) is 0 Å². The molecule has 0 unspecified atom stereocenters. The number of rotatable bonds is 3. The zero-order chi connectivity index (χ0) is 15.9. The molecule has 0 spiro atoms. The molecule has 1 aliphatic heterocycles. The predicted molar refractivity (Wildman–Crippen MR) is 79.1 cm³/mol. The fourth-order valence-corrected chi connectivity index (χ4v) is 4.18. The number of hydrogen-bond donors (Lipinski definition) is 1. The number of fused-ring (bicyclic) bond motifs is 1. The van der Waals surface area contributed by atoms with Crippen LogP contribution in [0.4, 0.5) is 0 Å². The van der Waals surface area contributed by atoms with Gasteiger partial charge in [-0.1, -0.05) is 24.3 Å². The SMILES string of the molecule is Cn1cnc(S(=O)(=O)N2Cc3ccccc3C[C@@H]2C(N)=O)c1. The number of primary amides is 1. The monoisotopic (exact) mass is 320 g/mol. The molecule has 2 aromatic rings. The highest BCUT2D eigenvalue weighted by molar-refractivity contribution is 7.89. The van der Waals surface area contributed by atoms with Crippen LogP contribution in [0.5, 0.6) is 0 Å². The van der Waals surface area contributed by atoms with Gasteiger partial charge in [-0.2, -0.15) is 4.31 Å². The van der Waals surface area contributed by atoms with Crippen molar-refractivity contribution in [2.45, 2.75) is 24.0 Å². The quantitative estimate of drug-likeness (QED) is 0.862. The maximum Gasteiger partial charge on any atom is 0.263 e. The summed E-state index contributed by atoms with van der Waals surface area (Å²) in [4.78, 5) is 15.6. The molecular weight excluding hydrogens is 304 g/mol. The first-order valence-corrected chi connectivity index (χ1v) is 8.19. The van der Waals surface area contributed by atoms with Crippen LogP contribution in [0.1, 0.15) is 11.1 Å². The molecular formula is C14H16N4O3S. The maximum absolute atomic E-state index is 12.8. The number of benzene rings is 1. The van der Waals surface area contributed by atoms with E-state index in [4.69, 9.17) is 5.73 Å². The van der Waals surface area contributed by atoms with Crippen LogP contribution in [0, 0.1) is 0 Å². The number of hydrogen-bond acceptors (Lipinski definition) is 4. The normalized spacial score (nSPS) is 18.9. The second kappa shape index (κ2) is 5.22. The van der Waals surface area contributed by atoms with Crippen LogP contribution >= 0.6 is 0 Å². The lowest BCUT2D eigenvalue weighted by molar-refractivity contribution is -0.122. The van der Waals surface area contributed by atoms with Crippen molar-refractivity contribution in [1.82, 2.24) is 13.9 Å². The highest BCUT2D eigenvalue weighted by Gasteiger charge is 2.39. The first-order chi connectivity index (χ1) is 10.4. The number of nitrogens with two attached hydrogens (primary N) is 1. The van der Waals surface area contributed by atoms with Gasteiger partial charge in [0.05, 0.1) is 6.33 Å². The Morgan fingerprint density at radius 2 is 2.00 bits per heavy atom. The molecule has 3 rings (SSSR count). The van der Waals surface area contributed by atoms with Gasteiger partial charge in [-0.25, -0.2) is 13.4 Å². The number of imidazole rings is 1. The summed E-state index contributed by atoms with van der Waals surface area (Å²) < 4.78 is 28.2. The smallest absolute Gasteiger partial charge is 0.263 e. The van der Waals surface area contributed by atoms with Crippen LogP contribution in [0.15, 0.2) is 41.8 Å². The highest BCUT2D eigenvalue weighted by Crippen LogP contribution is 2.28. The van der Waals surface area contributed by atoms with E-state index in [1.165, 1.54) is 12.5 Å². The van der Waals surface area contributed by atoms with Crippen LogP contribution in [-0.2, 0) is 34.8 Å². The number of aryl methyl sites for hydroxylation is 1. The number of carbonyl (C=O) groups is 1. The fourth-order valence-electron chi connectivity index (χ4n) is 2.64. The Bertz CT molecular complexity index is 828. The lowest BCUT2D eigenvalue weighted by atomic mass is 9.96. The number of carbonyl (C=O) groups excluding carboxylic acids is 1. The van der Waals surface area contributed by atoms with Crippen LogP contribution in [0.3, 0.4) is 0 Å². The van der Waals surface area contributed by atoms with Crippen molar-refractivity contribution in [2.24, 2.45) is 12.8 Å². The zero-order valence-electron chi connectivity index (χ0n) is 12.0. The summed E-state index contributed by atoms with van der Waals surface area (Å²) in [6.07, 6.45) is 3.09. The van der Waals surface area contributed by atoms with E-state index in [1.54, 1.807) is 11.6 Å². The molecule has 1 aromatic carbocycles. The summed E-state index contributed by atoms with van der Waals surface area (Å²) in [5.74, 6) is -0.658. The standard InChI is InChI=1S/C14H16N4O3S/c1-17-8-13(16-9-17)22(20,21)18-7-11-5-3-2-4-10(11)6-12(18)14(15)19/h2-5,8-9,12H,6-7H2,1H3,(H2,15,19)/t12-/m1/s1. The zero-order valence-corrected chi connectivity index (χ0v) is 12.8. The summed E-state index contributed by atoms with van der Waals surface area (Å²) in [7, 11) is -2.19. The molecule has 2 heterocycles. The third-order valence-corrected chi connectivity index (χ3v) is 5.53. The van der Waals surface area contributed by atoms with Gasteiger partial charge in [0.1, 0.15) is 6.04 Å². The first kappa shape index (κ1) is 14.7. The topological polar surface area (TPSA) is 98.3 Å². The Morgan fingerprint density at radius 1 is 1.32 bits per heavy atom. The van der Waals surface area contributed by atoms with E-state index >= 15 is 0 Å². The molecule has 1 amide bonds. The Balaban J connectivity index is 2.06. The number of sulfonamides is 1. The minimum atomic E-state index is -3.88. The number of nitrogens with zero attached hydrogens (tertiary/aromatic N) is 3. The molecule has 0 aliphatic carbocycles. The maximum atomic E-state index is 12.8. The van der Waals surface area contributed by atoms with Crippen molar-refractivity contribution in [2.75, 3.05) is 0 Å². The molecule has 2 N–H and O–H groups in total. The number of aromatic nitrogens is 2. The van der Waals surface area contributed by atoms with Gasteiger partial charge < -0.3 is 10.3 Å². The van der Waals surface area contributed by atoms with Crippen molar-refractivity contribution in [1.29, 1.82) is 0 Å². The summed E-state index contributed by atoms with van der Waals surface area (Å²) in [5, 5.41) is -0.0827. The molecule has 0 radical (unpaired) electrons. The lowest BCUT2D eigenvalue weighted by Gasteiger charge is -2.33. The van der Waals surface area contributed by atoms with E-state index in [2.05, 4.69) is 4.98 Å². The number of amides is 1. The summed E-state index contributed by atoms with van der Waals surface area (Å²) >= 11 is 0. The molecule has 116 valence electrons. The first-order valence-electron chi connectivity index (χ1n) is 6.75. The minimum absolute atomic E-state index is 0.0827. The third-order valence-electron chi connectivity index (χ3n) is 3.79. The van der Waals surface area contributed by atoms with Crippen molar-refractivity contribution in [3.8, 4) is 0 Å². The van der Waals surface area contributed by atoms with Crippen molar-refractivity contribution < 1.29 is 13.2 Å². The molecule has 0 fully saturated rings. The van der Waals surface area contributed by atoms with Crippen LogP contribution in [0.25, 0.3) is 0 Å². The van der Waals surface area contributed by atoms with Crippen molar-refractivity contribution in [3.05, 3.63) is 47.9 Å². The molecule has 7 nitrogen and oxygen atoms in total. The summed E-state index contributed by atoms with van der Waals surface area (Å²) in [6, 6.07) is 6.54. The van der Waals surface area contributed by atoms with Crippen LogP contribution in [0.2, 0.25) is 0 Å². The van der Waals surface area contributed by atoms with E-state index < -0.39 is 22.0 Å². The van der Waals surface area contributed by atoms with E-state index in [9.17, 15) is 13.2 Å². The largest absolute Gasteiger partial charge is 0.368 e. The molecule has 0 saturated carbocycles. The fraction of sp³-hybridized carbons (Fsp3) is 0.286. The van der Waals surface area contributed by atoms with Gasteiger partial charge in [0.2, 0.25) is 5.91 Å². The van der Waals surface area contributed by atoms with Gasteiger partial charge in [-0.3, -0.25) is 4.79 Å². The second-order valence-electron chi connectivity index (χ2n) is 5.32. The Kier molecular flexibility index (Phi) is 3.50. The molecule has 0 bridgehead atoms. The van der Waals surface area contributed by atoms with E-state index in [0.29, 0.717) is 0 Å². The molecule has 1 atom stereocenters. The predicted octanol–water partition coefficient (Wildman–Crippen LogP) is 0.0210. The average Bonchev–Trinajstić information content (AvgIpc) is 2.93. The molecule has 8 heteroatoms. The lowest BCUT2D eigenvalue weighted by Crippen LogP contribution is -2.51. The molecule has 0 saturated heterocycles. The second-order valence-corrected chi connectivity index (χ2v) is 7.16. The van der Waals surface area contributed by atoms with Gasteiger partial charge in [0, 0.05) is 19.8 Å². The Morgan fingerprint density at radius 3 is 2.59 bits per heavy atom. The van der Waals surface area contributed by atoms with Gasteiger partial charge in [-0.15, -0.1) is 0 Å². The van der Waals surface area contributed by atoms with E-state index in [0.717, 1.165) is 15.4 Å². The molecule has 1 aromatic heterocycles. The summed E-state index contributed by atoms with van der Waals surface area (Å²) in [6.45, 7) is 0.114. The third kappa shape index (κ3) is 2.40. The molecule has 1 aliphatic rings. The average molecular weight is 320 g/mol. The highest BCUT2D eigenvalue weighted by atomic mass is 32.2. The van der Waals surface area contributed by atoms with Gasteiger partial charge in [0.25, 0.3) is 10.0 Å². The van der Waals surface area contributed by atoms with E-state index in [-0.39, 0.29) is 18.0 Å². The Hall–Kier alpha value is -2.19. The van der Waals surface area contributed by atoms with Gasteiger partial charge >= 0.3 is 0 Å². The van der Waals surface area contributed by atoms with Gasteiger partial charge in [-0.05, 0) is 17.5 Å². The molecule has 22 heavy (non-hydrogen) atoms. The van der Waals surface area contributed by atoms with E-state index in [1.807, 2.05) is 24.3 Å². The minimum Gasteiger partial charge on any atom is -0.368 e. The van der Waals surface area contributed by atoms with Crippen molar-refractivity contribution >= 4 is 15.9 Å².